The number of amides is 1. The van der Waals surface area contributed by atoms with E-state index in [0.717, 1.165) is 17.8 Å². The third kappa shape index (κ3) is 5.33. The van der Waals surface area contributed by atoms with Gasteiger partial charge in [0.1, 0.15) is 11.6 Å². The van der Waals surface area contributed by atoms with Crippen LogP contribution in [0.1, 0.15) is 22.5 Å². The molecule has 8 heteroatoms. The van der Waals surface area contributed by atoms with Gasteiger partial charge >= 0.3 is 5.00 Å². The quantitative estimate of drug-likeness (QED) is 0.454. The lowest BCUT2D eigenvalue weighted by Gasteiger charge is -2.06. The number of thiophene rings is 1. The molecule has 0 atom stereocenters. The average Bonchev–Trinajstić information content (AvgIpc) is 3.02. The lowest BCUT2D eigenvalue weighted by molar-refractivity contribution is -0.380. The summed E-state index contributed by atoms with van der Waals surface area (Å²) in [5, 5.41) is 13.2. The fourth-order valence-electron chi connectivity index (χ4n) is 1.78. The molecule has 6 nitrogen and oxygen atoms in total. The lowest BCUT2D eigenvalue weighted by Crippen LogP contribution is -2.23. The summed E-state index contributed by atoms with van der Waals surface area (Å²) in [6.07, 6.45) is 1.43. The van der Waals surface area contributed by atoms with Gasteiger partial charge in [0, 0.05) is 12.6 Å². The smallest absolute Gasteiger partial charge is 0.324 e. The zero-order valence-electron chi connectivity index (χ0n) is 12.2. The van der Waals surface area contributed by atoms with Gasteiger partial charge in [0.25, 0.3) is 5.91 Å². The van der Waals surface area contributed by atoms with Gasteiger partial charge in [0.15, 0.2) is 0 Å². The number of benzene rings is 1. The van der Waals surface area contributed by atoms with Crippen LogP contribution >= 0.6 is 11.3 Å². The number of carbonyl (C=O) groups is 1. The van der Waals surface area contributed by atoms with Gasteiger partial charge < -0.3 is 10.1 Å². The van der Waals surface area contributed by atoms with Crippen LogP contribution in [0.4, 0.5) is 9.39 Å². The Kier molecular flexibility index (Phi) is 6.04. The van der Waals surface area contributed by atoms with Crippen LogP contribution in [0.25, 0.3) is 0 Å². The zero-order chi connectivity index (χ0) is 16.7. The summed E-state index contributed by atoms with van der Waals surface area (Å²) in [6.45, 7) is 0.920. The summed E-state index contributed by atoms with van der Waals surface area (Å²) < 4.78 is 18.1. The molecule has 0 aliphatic rings. The van der Waals surface area contributed by atoms with E-state index in [1.54, 1.807) is 12.1 Å². The number of unbranched alkanes of at least 4 members (excludes halogenated alkanes) is 1. The first-order chi connectivity index (χ1) is 11.1. The second-order valence-electron chi connectivity index (χ2n) is 4.66. The van der Waals surface area contributed by atoms with Crippen molar-refractivity contribution in [3.8, 4) is 5.75 Å². The van der Waals surface area contributed by atoms with Crippen molar-refractivity contribution >= 4 is 22.2 Å². The number of nitro groups is 1. The van der Waals surface area contributed by atoms with E-state index in [-0.39, 0.29) is 16.7 Å². The molecule has 0 aliphatic carbocycles. The van der Waals surface area contributed by atoms with Crippen molar-refractivity contribution in [1.29, 1.82) is 0 Å². The number of ether oxygens (including phenoxy) is 1. The highest BCUT2D eigenvalue weighted by Crippen LogP contribution is 2.23. The molecule has 0 spiro atoms. The molecule has 0 bridgehead atoms. The summed E-state index contributed by atoms with van der Waals surface area (Å²) >= 11 is 0.849. The molecular formula is C15H15FN2O4S. The number of carbonyl (C=O) groups excluding carboxylic acids is 1. The third-order valence-corrected chi connectivity index (χ3v) is 3.97. The first-order valence-corrected chi connectivity index (χ1v) is 7.79. The molecule has 2 rings (SSSR count). The molecule has 0 fully saturated rings. The van der Waals surface area contributed by atoms with Gasteiger partial charge in [-0.1, -0.05) is 11.3 Å². The molecule has 1 N–H and O–H groups in total. The van der Waals surface area contributed by atoms with Crippen molar-refractivity contribution in [3.63, 3.8) is 0 Å². The van der Waals surface area contributed by atoms with E-state index in [4.69, 9.17) is 4.74 Å². The van der Waals surface area contributed by atoms with E-state index in [9.17, 15) is 19.3 Å². The Morgan fingerprint density at radius 2 is 1.96 bits per heavy atom. The molecular weight excluding hydrogens is 323 g/mol. The van der Waals surface area contributed by atoms with Gasteiger partial charge in [-0.2, -0.15) is 0 Å². The zero-order valence-corrected chi connectivity index (χ0v) is 13.0. The van der Waals surface area contributed by atoms with E-state index in [0.29, 0.717) is 30.2 Å². The maximum atomic E-state index is 12.7. The molecule has 0 aliphatic heterocycles. The SMILES string of the molecule is O=C(NCCCCOc1ccc(F)cc1)c1ccc([N+](=O)[O-])s1. The number of halogens is 1. The van der Waals surface area contributed by atoms with Crippen molar-refractivity contribution in [3.05, 3.63) is 57.2 Å². The molecule has 2 aromatic rings. The Labute approximate surface area is 136 Å². The first-order valence-electron chi connectivity index (χ1n) is 6.97. The van der Waals surface area contributed by atoms with E-state index < -0.39 is 4.92 Å². The standard InChI is InChI=1S/C15H15FN2O4S/c16-11-3-5-12(6-4-11)22-10-2-1-9-17-15(19)13-7-8-14(23-13)18(20)21/h3-8H,1-2,9-10H2,(H,17,19). The minimum Gasteiger partial charge on any atom is -0.494 e. The van der Waals surface area contributed by atoms with Crippen LogP contribution in [-0.2, 0) is 0 Å². The van der Waals surface area contributed by atoms with Crippen LogP contribution in [0.15, 0.2) is 36.4 Å². The van der Waals surface area contributed by atoms with Gasteiger partial charge in [0.2, 0.25) is 0 Å². The van der Waals surface area contributed by atoms with Crippen LogP contribution in [0.2, 0.25) is 0 Å². The highest BCUT2D eigenvalue weighted by Gasteiger charge is 2.14. The van der Waals surface area contributed by atoms with E-state index >= 15 is 0 Å². The predicted octanol–water partition coefficient (Wildman–Crippen LogP) is 3.38. The van der Waals surface area contributed by atoms with Gasteiger partial charge in [-0.3, -0.25) is 14.9 Å². The van der Waals surface area contributed by atoms with Crippen molar-refractivity contribution < 1.29 is 18.8 Å². The normalized spacial score (nSPS) is 10.3. The second kappa shape index (κ2) is 8.23. The Morgan fingerprint density at radius 1 is 1.22 bits per heavy atom. The maximum absolute atomic E-state index is 12.7. The van der Waals surface area contributed by atoms with E-state index in [1.165, 1.54) is 24.3 Å². The topological polar surface area (TPSA) is 81.5 Å². The maximum Gasteiger partial charge on any atom is 0.324 e. The van der Waals surface area contributed by atoms with Crippen molar-refractivity contribution in [2.75, 3.05) is 13.2 Å². The minimum absolute atomic E-state index is 0.0529. The Bertz CT molecular complexity index is 672. The van der Waals surface area contributed by atoms with Crippen molar-refractivity contribution in [2.24, 2.45) is 0 Å². The van der Waals surface area contributed by atoms with E-state index in [1.807, 2.05) is 0 Å². The number of nitrogens with zero attached hydrogens (tertiary/aromatic N) is 1. The molecule has 0 saturated carbocycles. The molecule has 1 amide bonds. The summed E-state index contributed by atoms with van der Waals surface area (Å²) in [6, 6.07) is 8.53. The fourth-order valence-corrected chi connectivity index (χ4v) is 2.52. The average molecular weight is 338 g/mol. The molecule has 0 radical (unpaired) electrons. The summed E-state index contributed by atoms with van der Waals surface area (Å²) in [7, 11) is 0. The molecule has 23 heavy (non-hydrogen) atoms. The Morgan fingerprint density at radius 3 is 2.61 bits per heavy atom. The van der Waals surface area contributed by atoms with Gasteiger partial charge in [-0.15, -0.1) is 0 Å². The molecule has 0 saturated heterocycles. The van der Waals surface area contributed by atoms with Crippen LogP contribution < -0.4 is 10.1 Å². The monoisotopic (exact) mass is 338 g/mol. The van der Waals surface area contributed by atoms with Gasteiger partial charge in [-0.05, 0) is 43.2 Å². The van der Waals surface area contributed by atoms with E-state index in [2.05, 4.69) is 5.32 Å². The summed E-state index contributed by atoms with van der Waals surface area (Å²) in [4.78, 5) is 22.1. The third-order valence-electron chi connectivity index (χ3n) is 2.93. The van der Waals surface area contributed by atoms with Crippen molar-refractivity contribution in [2.45, 2.75) is 12.8 Å². The largest absolute Gasteiger partial charge is 0.494 e. The summed E-state index contributed by atoms with van der Waals surface area (Å²) in [5.41, 5.74) is 0. The van der Waals surface area contributed by atoms with Gasteiger partial charge in [0.05, 0.1) is 16.4 Å². The Balaban J connectivity index is 1.62. The highest BCUT2D eigenvalue weighted by atomic mass is 32.1. The van der Waals surface area contributed by atoms with Crippen LogP contribution in [0.5, 0.6) is 5.75 Å². The minimum atomic E-state index is -0.520. The number of nitrogens with one attached hydrogen (secondary N) is 1. The number of rotatable bonds is 8. The molecule has 1 aromatic carbocycles. The predicted molar refractivity (Wildman–Crippen MR) is 84.4 cm³/mol. The first kappa shape index (κ1) is 16.9. The van der Waals surface area contributed by atoms with Crippen LogP contribution in [-0.4, -0.2) is 24.0 Å². The van der Waals surface area contributed by atoms with Crippen LogP contribution in [0, 0.1) is 15.9 Å². The summed E-state index contributed by atoms with van der Waals surface area (Å²) in [5.74, 6) is -0.0299. The molecule has 0 unspecified atom stereocenters. The Hall–Kier alpha value is -2.48. The number of hydrogen-bond donors (Lipinski definition) is 1. The second-order valence-corrected chi connectivity index (χ2v) is 5.72. The van der Waals surface area contributed by atoms with Crippen molar-refractivity contribution in [1.82, 2.24) is 5.32 Å². The van der Waals surface area contributed by atoms with Crippen LogP contribution in [0.3, 0.4) is 0 Å². The molecule has 1 aromatic heterocycles. The number of hydrogen-bond acceptors (Lipinski definition) is 5. The molecule has 122 valence electrons. The van der Waals surface area contributed by atoms with Gasteiger partial charge in [-0.25, -0.2) is 4.39 Å². The fraction of sp³-hybridized carbons (Fsp3) is 0.267. The lowest BCUT2D eigenvalue weighted by atomic mass is 10.3. The molecule has 1 heterocycles. The highest BCUT2D eigenvalue weighted by molar-refractivity contribution is 7.17.